The minimum Gasteiger partial charge on any atom is -0.0811 e. The van der Waals surface area contributed by atoms with Crippen LogP contribution in [0.3, 0.4) is 0 Å². The zero-order valence-corrected chi connectivity index (χ0v) is 6.39. The van der Waals surface area contributed by atoms with Gasteiger partial charge in [-0.05, 0) is 18.8 Å². The van der Waals surface area contributed by atoms with Gasteiger partial charge >= 0.3 is 0 Å². The lowest BCUT2D eigenvalue weighted by atomic mass is 9.86. The first-order valence-electron chi connectivity index (χ1n) is 3.57. The second-order valence-corrected chi connectivity index (χ2v) is 2.94. The summed E-state index contributed by atoms with van der Waals surface area (Å²) >= 11 is 0. The van der Waals surface area contributed by atoms with Crippen molar-refractivity contribution in [3.63, 3.8) is 0 Å². The molecule has 0 amide bonds. The van der Waals surface area contributed by atoms with Crippen molar-refractivity contribution < 1.29 is 0 Å². The molecule has 0 nitrogen and oxygen atoms in total. The van der Waals surface area contributed by atoms with Crippen LogP contribution < -0.4 is 0 Å². The average molecular weight is 122 g/mol. The third kappa shape index (κ3) is 1.24. The Morgan fingerprint density at radius 3 is 2.44 bits per heavy atom. The topological polar surface area (TPSA) is 0 Å². The monoisotopic (exact) mass is 122 g/mol. The van der Waals surface area contributed by atoms with Gasteiger partial charge in [-0.15, -0.1) is 0 Å². The fourth-order valence-corrected chi connectivity index (χ4v) is 1.12. The molecule has 0 aromatic rings. The maximum atomic E-state index is 2.28. The molecule has 0 heteroatoms. The predicted octanol–water partition coefficient (Wildman–Crippen LogP) is 2.77. The third-order valence-electron chi connectivity index (χ3n) is 2.28. The maximum absolute atomic E-state index is 2.28. The Morgan fingerprint density at radius 2 is 2.00 bits per heavy atom. The molecule has 0 heterocycles. The van der Waals surface area contributed by atoms with E-state index in [1.165, 1.54) is 5.57 Å². The molecule has 1 aliphatic carbocycles. The first kappa shape index (κ1) is 6.60. The summed E-state index contributed by atoms with van der Waals surface area (Å²) in [5.74, 6) is 1.48. The summed E-state index contributed by atoms with van der Waals surface area (Å²) in [4.78, 5) is 0. The van der Waals surface area contributed by atoms with E-state index >= 15 is 0 Å². The van der Waals surface area contributed by atoms with Crippen LogP contribution in [0.25, 0.3) is 0 Å². The van der Waals surface area contributed by atoms with Crippen molar-refractivity contribution in [3.05, 3.63) is 23.8 Å². The molecule has 0 radical (unpaired) electrons. The van der Waals surface area contributed by atoms with E-state index in [-0.39, 0.29) is 0 Å². The van der Waals surface area contributed by atoms with Gasteiger partial charge in [-0.3, -0.25) is 0 Å². The first-order chi connectivity index (χ1) is 4.22. The highest BCUT2D eigenvalue weighted by Gasteiger charge is 2.12. The van der Waals surface area contributed by atoms with Crippen LogP contribution in [0.4, 0.5) is 0 Å². The summed E-state index contributed by atoms with van der Waals surface area (Å²) in [6, 6.07) is 0. The Labute approximate surface area is 57.3 Å². The summed E-state index contributed by atoms with van der Waals surface area (Å²) in [5, 5.41) is 0. The van der Waals surface area contributed by atoms with Gasteiger partial charge in [-0.1, -0.05) is 37.6 Å². The highest BCUT2D eigenvalue weighted by Crippen LogP contribution is 2.24. The van der Waals surface area contributed by atoms with Gasteiger partial charge in [-0.2, -0.15) is 0 Å². The van der Waals surface area contributed by atoms with Crippen molar-refractivity contribution in [2.24, 2.45) is 11.8 Å². The Balaban J connectivity index is 2.73. The quantitative estimate of drug-likeness (QED) is 0.463. The van der Waals surface area contributed by atoms with E-state index in [0.29, 0.717) is 0 Å². The molecule has 0 fully saturated rings. The Bertz CT molecular complexity index is 151. The lowest BCUT2D eigenvalue weighted by Crippen LogP contribution is -2.08. The predicted molar refractivity (Wildman–Crippen MR) is 41.2 cm³/mol. The van der Waals surface area contributed by atoms with E-state index in [9.17, 15) is 0 Å². The number of hydrogen-bond acceptors (Lipinski definition) is 0. The molecule has 0 bridgehead atoms. The standard InChI is InChI=1S/C9H14/c1-7-5-4-6-8(2)9(7)3/h4-7,9H,1-3H3/t7-,9?/m1/s1. The van der Waals surface area contributed by atoms with E-state index in [4.69, 9.17) is 0 Å². The SMILES string of the molecule is CC1=CC=C[C@@H](C)C1C. The zero-order chi connectivity index (χ0) is 6.85. The summed E-state index contributed by atoms with van der Waals surface area (Å²) in [5.41, 5.74) is 1.50. The molecule has 0 saturated carbocycles. The summed E-state index contributed by atoms with van der Waals surface area (Å²) in [6.45, 7) is 6.74. The highest BCUT2D eigenvalue weighted by molar-refractivity contribution is 5.20. The van der Waals surface area contributed by atoms with E-state index in [1.807, 2.05) is 0 Å². The summed E-state index contributed by atoms with van der Waals surface area (Å²) in [6.07, 6.45) is 6.61. The summed E-state index contributed by atoms with van der Waals surface area (Å²) < 4.78 is 0. The fourth-order valence-electron chi connectivity index (χ4n) is 1.12. The van der Waals surface area contributed by atoms with Gasteiger partial charge in [0.05, 0.1) is 0 Å². The molecular formula is C9H14. The van der Waals surface area contributed by atoms with Crippen LogP contribution in [-0.4, -0.2) is 0 Å². The van der Waals surface area contributed by atoms with E-state index < -0.39 is 0 Å². The van der Waals surface area contributed by atoms with Crippen molar-refractivity contribution in [2.75, 3.05) is 0 Å². The fraction of sp³-hybridized carbons (Fsp3) is 0.556. The van der Waals surface area contributed by atoms with Crippen molar-refractivity contribution in [2.45, 2.75) is 20.8 Å². The minimum absolute atomic E-state index is 0.731. The van der Waals surface area contributed by atoms with Gasteiger partial charge in [-0.25, -0.2) is 0 Å². The molecule has 0 spiro atoms. The van der Waals surface area contributed by atoms with Gasteiger partial charge in [0.15, 0.2) is 0 Å². The van der Waals surface area contributed by atoms with Crippen LogP contribution in [0.2, 0.25) is 0 Å². The van der Waals surface area contributed by atoms with E-state index in [1.54, 1.807) is 0 Å². The molecule has 1 unspecified atom stereocenters. The molecule has 9 heavy (non-hydrogen) atoms. The number of rotatable bonds is 0. The van der Waals surface area contributed by atoms with Crippen LogP contribution in [0.15, 0.2) is 23.8 Å². The van der Waals surface area contributed by atoms with Crippen LogP contribution in [0.5, 0.6) is 0 Å². The van der Waals surface area contributed by atoms with Crippen molar-refractivity contribution in [3.8, 4) is 0 Å². The van der Waals surface area contributed by atoms with Crippen LogP contribution >= 0.6 is 0 Å². The second-order valence-electron chi connectivity index (χ2n) is 2.94. The summed E-state index contributed by atoms with van der Waals surface area (Å²) in [7, 11) is 0. The molecule has 1 rings (SSSR count). The number of hydrogen-bond donors (Lipinski definition) is 0. The maximum Gasteiger partial charge on any atom is -0.0171 e. The van der Waals surface area contributed by atoms with Crippen molar-refractivity contribution in [1.29, 1.82) is 0 Å². The van der Waals surface area contributed by atoms with E-state index in [2.05, 4.69) is 39.0 Å². The molecule has 1 aliphatic rings. The molecule has 0 N–H and O–H groups in total. The van der Waals surface area contributed by atoms with Crippen LogP contribution in [-0.2, 0) is 0 Å². The van der Waals surface area contributed by atoms with Gasteiger partial charge in [0, 0.05) is 0 Å². The second kappa shape index (κ2) is 2.38. The minimum atomic E-state index is 0.731. The largest absolute Gasteiger partial charge is 0.0811 e. The molecule has 0 aliphatic heterocycles. The molecule has 2 atom stereocenters. The lowest BCUT2D eigenvalue weighted by molar-refractivity contribution is 0.523. The Morgan fingerprint density at radius 1 is 1.33 bits per heavy atom. The smallest absolute Gasteiger partial charge is 0.0171 e. The van der Waals surface area contributed by atoms with Crippen LogP contribution in [0, 0.1) is 11.8 Å². The Hall–Kier alpha value is -0.520. The molecule has 0 saturated heterocycles. The average Bonchev–Trinajstić information content (AvgIpc) is 1.83. The normalized spacial score (nSPS) is 34.3. The first-order valence-corrected chi connectivity index (χ1v) is 3.57. The zero-order valence-electron chi connectivity index (χ0n) is 6.39. The van der Waals surface area contributed by atoms with Crippen molar-refractivity contribution in [1.82, 2.24) is 0 Å². The lowest BCUT2D eigenvalue weighted by Gasteiger charge is -2.19. The molecule has 50 valence electrons. The number of allylic oxidation sites excluding steroid dienone is 4. The molecular weight excluding hydrogens is 108 g/mol. The van der Waals surface area contributed by atoms with Gasteiger partial charge in [0.1, 0.15) is 0 Å². The molecule has 0 aromatic heterocycles. The van der Waals surface area contributed by atoms with Crippen molar-refractivity contribution >= 4 is 0 Å². The van der Waals surface area contributed by atoms with Gasteiger partial charge in [0.2, 0.25) is 0 Å². The van der Waals surface area contributed by atoms with E-state index in [0.717, 1.165) is 11.8 Å². The van der Waals surface area contributed by atoms with Crippen LogP contribution in [0.1, 0.15) is 20.8 Å². The third-order valence-corrected chi connectivity index (χ3v) is 2.28. The highest BCUT2D eigenvalue weighted by atomic mass is 14.2. The van der Waals surface area contributed by atoms with Gasteiger partial charge in [0.25, 0.3) is 0 Å². The molecule has 0 aromatic carbocycles. The van der Waals surface area contributed by atoms with Gasteiger partial charge < -0.3 is 0 Å². The Kier molecular flexibility index (Phi) is 1.75.